The smallest absolute Gasteiger partial charge is 0.251 e. The zero-order valence-electron chi connectivity index (χ0n) is 15.6. The molecule has 0 heterocycles. The summed E-state index contributed by atoms with van der Waals surface area (Å²) in [6.07, 6.45) is 1.41. The Morgan fingerprint density at radius 2 is 1.71 bits per heavy atom. The van der Waals surface area contributed by atoms with Crippen molar-refractivity contribution in [2.24, 2.45) is 5.92 Å². The van der Waals surface area contributed by atoms with Gasteiger partial charge in [0.1, 0.15) is 6.04 Å². The molecule has 1 atom stereocenters. The van der Waals surface area contributed by atoms with E-state index < -0.39 is 11.6 Å². The first-order chi connectivity index (χ1) is 11.0. The third kappa shape index (κ3) is 6.32. The third-order valence-electron chi connectivity index (χ3n) is 3.90. The monoisotopic (exact) mass is 334 g/mol. The first-order valence-electron chi connectivity index (χ1n) is 8.34. The fraction of sp³-hybridized carbons (Fsp3) is 0.579. The van der Waals surface area contributed by atoms with Gasteiger partial charge < -0.3 is 15.3 Å². The van der Waals surface area contributed by atoms with Crippen molar-refractivity contribution in [2.75, 3.05) is 14.1 Å². The van der Waals surface area contributed by atoms with Crippen molar-refractivity contribution in [3.05, 3.63) is 35.4 Å². The topological polar surface area (TPSA) is 69.6 Å². The van der Waals surface area contributed by atoms with Crippen LogP contribution in [0.25, 0.3) is 0 Å². The number of nitrogens with one attached hydrogen (secondary N) is 1. The van der Waals surface area contributed by atoms with Crippen molar-refractivity contribution in [3.63, 3.8) is 0 Å². The standard InChI is InChI=1S/C19H30N2O3/c1-13(2)16(18(23)21(5)6)20-17(22)15-9-7-14(8-10-15)11-12-19(3,4)24/h7-10,13,16,24H,11-12H2,1-6H3,(H,20,22)/t16-/m1/s1. The summed E-state index contributed by atoms with van der Waals surface area (Å²) in [7, 11) is 3.36. The van der Waals surface area contributed by atoms with Gasteiger partial charge in [0.05, 0.1) is 5.60 Å². The molecule has 134 valence electrons. The zero-order valence-corrected chi connectivity index (χ0v) is 15.6. The Morgan fingerprint density at radius 3 is 2.12 bits per heavy atom. The van der Waals surface area contributed by atoms with Crippen LogP contribution in [0.5, 0.6) is 0 Å². The van der Waals surface area contributed by atoms with Gasteiger partial charge in [0.15, 0.2) is 0 Å². The largest absolute Gasteiger partial charge is 0.390 e. The van der Waals surface area contributed by atoms with E-state index in [9.17, 15) is 14.7 Å². The molecule has 0 aromatic heterocycles. The molecule has 1 rings (SSSR count). The number of likely N-dealkylation sites (N-methyl/N-ethyl adjacent to an activating group) is 1. The Kier molecular flexibility index (Phi) is 6.96. The number of benzene rings is 1. The van der Waals surface area contributed by atoms with E-state index >= 15 is 0 Å². The maximum atomic E-state index is 12.4. The molecule has 0 saturated heterocycles. The van der Waals surface area contributed by atoms with E-state index in [-0.39, 0.29) is 17.7 Å². The lowest BCUT2D eigenvalue weighted by Crippen LogP contribution is -2.49. The molecule has 0 bridgehead atoms. The number of amides is 2. The minimum absolute atomic E-state index is 0.00917. The second-order valence-electron chi connectivity index (χ2n) is 7.44. The summed E-state index contributed by atoms with van der Waals surface area (Å²) in [5, 5.41) is 12.6. The number of aliphatic hydroxyl groups is 1. The van der Waals surface area contributed by atoms with E-state index in [1.54, 1.807) is 40.1 Å². The Balaban J connectivity index is 2.75. The SMILES string of the molecule is CC(C)[C@@H](NC(=O)c1ccc(CCC(C)(C)O)cc1)C(=O)N(C)C. The summed E-state index contributed by atoms with van der Waals surface area (Å²) in [5.74, 6) is -0.354. The maximum absolute atomic E-state index is 12.4. The lowest BCUT2D eigenvalue weighted by Gasteiger charge is -2.24. The van der Waals surface area contributed by atoms with Crippen LogP contribution in [-0.4, -0.2) is 47.6 Å². The molecule has 2 amide bonds. The van der Waals surface area contributed by atoms with Gasteiger partial charge in [-0.25, -0.2) is 0 Å². The molecule has 0 aliphatic heterocycles. The van der Waals surface area contributed by atoms with Crippen LogP contribution < -0.4 is 5.32 Å². The van der Waals surface area contributed by atoms with E-state index in [4.69, 9.17) is 0 Å². The highest BCUT2D eigenvalue weighted by Crippen LogP contribution is 2.14. The predicted octanol–water partition coefficient (Wildman–Crippen LogP) is 2.23. The van der Waals surface area contributed by atoms with Gasteiger partial charge >= 0.3 is 0 Å². The summed E-state index contributed by atoms with van der Waals surface area (Å²) in [6, 6.07) is 6.75. The van der Waals surface area contributed by atoms with Crippen LogP contribution in [0, 0.1) is 5.92 Å². The summed E-state index contributed by atoms with van der Waals surface area (Å²) < 4.78 is 0. The summed E-state index contributed by atoms with van der Waals surface area (Å²) in [6.45, 7) is 7.38. The first kappa shape index (κ1) is 20.2. The van der Waals surface area contributed by atoms with Crippen LogP contribution in [0.1, 0.15) is 50.0 Å². The molecule has 0 radical (unpaired) electrons. The van der Waals surface area contributed by atoms with Crippen molar-refractivity contribution in [2.45, 2.75) is 52.2 Å². The quantitative estimate of drug-likeness (QED) is 0.803. The van der Waals surface area contributed by atoms with E-state index in [0.29, 0.717) is 12.0 Å². The second kappa shape index (κ2) is 8.29. The number of hydrogen-bond acceptors (Lipinski definition) is 3. The average molecular weight is 334 g/mol. The average Bonchev–Trinajstić information content (AvgIpc) is 2.49. The van der Waals surface area contributed by atoms with E-state index in [1.165, 1.54) is 4.90 Å². The van der Waals surface area contributed by atoms with E-state index in [1.807, 2.05) is 26.0 Å². The Bertz CT molecular complexity index is 557. The first-order valence-corrected chi connectivity index (χ1v) is 8.34. The van der Waals surface area contributed by atoms with Crippen LogP contribution in [-0.2, 0) is 11.2 Å². The molecule has 1 aromatic rings. The lowest BCUT2D eigenvalue weighted by molar-refractivity contribution is -0.131. The Hall–Kier alpha value is -1.88. The van der Waals surface area contributed by atoms with Gasteiger partial charge in [-0.05, 0) is 50.3 Å². The van der Waals surface area contributed by atoms with Crippen molar-refractivity contribution in [1.82, 2.24) is 10.2 Å². The molecule has 5 nitrogen and oxygen atoms in total. The maximum Gasteiger partial charge on any atom is 0.251 e. The molecule has 0 aliphatic rings. The van der Waals surface area contributed by atoms with Gasteiger partial charge in [-0.3, -0.25) is 9.59 Å². The number of nitrogens with zero attached hydrogens (tertiary/aromatic N) is 1. The summed E-state index contributed by atoms with van der Waals surface area (Å²) in [4.78, 5) is 26.1. The van der Waals surface area contributed by atoms with Crippen LogP contribution in [0.3, 0.4) is 0 Å². The summed E-state index contributed by atoms with van der Waals surface area (Å²) in [5.41, 5.74) is 0.894. The predicted molar refractivity (Wildman–Crippen MR) is 95.8 cm³/mol. The lowest BCUT2D eigenvalue weighted by atomic mass is 9.98. The van der Waals surface area contributed by atoms with Crippen LogP contribution in [0.15, 0.2) is 24.3 Å². The number of hydrogen-bond donors (Lipinski definition) is 2. The van der Waals surface area contributed by atoms with Crippen molar-refractivity contribution in [1.29, 1.82) is 0 Å². The minimum Gasteiger partial charge on any atom is -0.390 e. The van der Waals surface area contributed by atoms with Crippen LogP contribution in [0.2, 0.25) is 0 Å². The van der Waals surface area contributed by atoms with Crippen molar-refractivity contribution >= 4 is 11.8 Å². The molecular formula is C19H30N2O3. The molecule has 0 fully saturated rings. The van der Waals surface area contributed by atoms with Crippen molar-refractivity contribution in [3.8, 4) is 0 Å². The molecule has 0 saturated carbocycles. The van der Waals surface area contributed by atoms with Gasteiger partial charge in [-0.1, -0.05) is 26.0 Å². The van der Waals surface area contributed by atoms with E-state index in [2.05, 4.69) is 5.32 Å². The highest BCUT2D eigenvalue weighted by Gasteiger charge is 2.25. The van der Waals surface area contributed by atoms with Gasteiger partial charge in [0.25, 0.3) is 5.91 Å². The molecule has 0 unspecified atom stereocenters. The van der Waals surface area contributed by atoms with Gasteiger partial charge in [-0.2, -0.15) is 0 Å². The van der Waals surface area contributed by atoms with Crippen LogP contribution >= 0.6 is 0 Å². The Morgan fingerprint density at radius 1 is 1.17 bits per heavy atom. The van der Waals surface area contributed by atoms with Gasteiger partial charge in [0, 0.05) is 19.7 Å². The molecule has 0 aliphatic carbocycles. The molecule has 0 spiro atoms. The van der Waals surface area contributed by atoms with Crippen LogP contribution in [0.4, 0.5) is 0 Å². The van der Waals surface area contributed by atoms with E-state index in [0.717, 1.165) is 12.0 Å². The number of aryl methyl sites for hydroxylation is 1. The highest BCUT2D eigenvalue weighted by molar-refractivity contribution is 5.97. The number of carbonyl (C=O) groups excluding carboxylic acids is 2. The fourth-order valence-electron chi connectivity index (χ4n) is 2.29. The molecule has 2 N–H and O–H groups in total. The fourth-order valence-corrected chi connectivity index (χ4v) is 2.29. The number of rotatable bonds is 7. The van der Waals surface area contributed by atoms with Gasteiger partial charge in [0.2, 0.25) is 5.91 Å². The third-order valence-corrected chi connectivity index (χ3v) is 3.90. The molecule has 5 heteroatoms. The Labute approximate surface area is 145 Å². The zero-order chi connectivity index (χ0) is 18.5. The minimum atomic E-state index is -0.701. The highest BCUT2D eigenvalue weighted by atomic mass is 16.3. The number of carbonyl (C=O) groups is 2. The van der Waals surface area contributed by atoms with Gasteiger partial charge in [-0.15, -0.1) is 0 Å². The second-order valence-corrected chi connectivity index (χ2v) is 7.44. The molecule has 24 heavy (non-hydrogen) atoms. The molecule has 1 aromatic carbocycles. The molecular weight excluding hydrogens is 304 g/mol. The normalized spacial score (nSPS) is 12.8. The van der Waals surface area contributed by atoms with Crippen molar-refractivity contribution < 1.29 is 14.7 Å². The summed E-state index contributed by atoms with van der Waals surface area (Å²) >= 11 is 0.